The minimum Gasteiger partial charge on any atom is -0.395 e. The van der Waals surface area contributed by atoms with Crippen LogP contribution in [0.25, 0.3) is 11.2 Å². The highest BCUT2D eigenvalue weighted by atomic mass is 16.3. The number of hydrogen-bond acceptors (Lipinski definition) is 5. The average molecular weight is 220 g/mol. The zero-order chi connectivity index (χ0) is 11.5. The number of aliphatic hydroxyl groups excluding tert-OH is 1. The Labute approximate surface area is 91.2 Å². The normalized spacial score (nSPS) is 10.6. The number of aliphatic hydroxyl groups is 1. The van der Waals surface area contributed by atoms with Gasteiger partial charge in [0, 0.05) is 6.54 Å². The van der Waals surface area contributed by atoms with Gasteiger partial charge in [-0.05, 0) is 6.92 Å². The maximum atomic E-state index is 10.3. The van der Waals surface area contributed by atoms with Crippen LogP contribution >= 0.6 is 0 Å². The number of aromatic nitrogens is 4. The predicted octanol–water partition coefficient (Wildman–Crippen LogP) is -0.394. The third kappa shape index (κ3) is 1.72. The van der Waals surface area contributed by atoms with Crippen LogP contribution in [0.4, 0.5) is 5.82 Å². The first-order chi connectivity index (χ1) is 7.76. The molecular weight excluding hydrogens is 210 g/mol. The molecule has 2 rings (SSSR count). The Balaban J connectivity index is 2.60. The molecule has 0 aliphatic rings. The topological polar surface area (TPSA) is 92.9 Å². The van der Waals surface area contributed by atoms with Crippen molar-refractivity contribution in [3.05, 3.63) is 12.2 Å². The van der Waals surface area contributed by atoms with E-state index in [1.165, 1.54) is 0 Å². The first kappa shape index (κ1) is 10.5. The van der Waals surface area contributed by atoms with Crippen molar-refractivity contribution in [3.8, 4) is 0 Å². The fraction of sp³-hybridized carbons (Fsp3) is 0.333. The zero-order valence-corrected chi connectivity index (χ0v) is 8.64. The maximum absolute atomic E-state index is 10.3. The van der Waals surface area contributed by atoms with Gasteiger partial charge in [-0.3, -0.25) is 4.79 Å². The number of fused-ring (bicyclic) bond motifs is 1. The molecule has 2 heterocycles. The molecule has 83 valence electrons. The van der Waals surface area contributed by atoms with Gasteiger partial charge in [0.25, 0.3) is 0 Å². The summed E-state index contributed by atoms with van der Waals surface area (Å²) in [6.45, 7) is 2.11. The Bertz CT molecular complexity index is 522. The number of nitrogens with zero attached hydrogens (tertiary/aromatic N) is 4. The second kappa shape index (κ2) is 4.23. The lowest BCUT2D eigenvalue weighted by atomic mass is 10.4. The SMILES string of the molecule is Cc1nc(N[C]=O)c2ncn(CCO)c2n1. The summed E-state index contributed by atoms with van der Waals surface area (Å²) in [7, 11) is 0. The van der Waals surface area contributed by atoms with Gasteiger partial charge in [0.15, 0.2) is 17.0 Å². The lowest BCUT2D eigenvalue weighted by molar-refractivity contribution is 0.277. The molecule has 2 aromatic heterocycles. The Hall–Kier alpha value is -2.02. The van der Waals surface area contributed by atoms with Crippen LogP contribution in [-0.2, 0) is 11.3 Å². The Kier molecular flexibility index (Phi) is 2.78. The molecule has 2 N–H and O–H groups in total. The highest BCUT2D eigenvalue weighted by Crippen LogP contribution is 2.17. The fourth-order valence-corrected chi connectivity index (χ4v) is 1.46. The molecular formula is C9H10N5O2. The third-order valence-electron chi connectivity index (χ3n) is 2.09. The summed E-state index contributed by atoms with van der Waals surface area (Å²) < 4.78 is 1.69. The van der Waals surface area contributed by atoms with E-state index < -0.39 is 0 Å². The molecule has 16 heavy (non-hydrogen) atoms. The van der Waals surface area contributed by atoms with E-state index in [0.717, 1.165) is 0 Å². The van der Waals surface area contributed by atoms with E-state index in [0.29, 0.717) is 29.4 Å². The van der Waals surface area contributed by atoms with E-state index in [-0.39, 0.29) is 6.61 Å². The number of rotatable bonds is 4. The van der Waals surface area contributed by atoms with Gasteiger partial charge in [-0.2, -0.15) is 0 Å². The molecule has 0 aliphatic heterocycles. The van der Waals surface area contributed by atoms with Crippen molar-refractivity contribution < 1.29 is 9.90 Å². The highest BCUT2D eigenvalue weighted by molar-refractivity contribution is 5.88. The minimum atomic E-state index is -0.00290. The van der Waals surface area contributed by atoms with Gasteiger partial charge in [0.2, 0.25) is 0 Å². The lowest BCUT2D eigenvalue weighted by Crippen LogP contribution is -2.05. The van der Waals surface area contributed by atoms with Crippen molar-refractivity contribution in [3.63, 3.8) is 0 Å². The minimum absolute atomic E-state index is 0.00290. The number of nitrogens with one attached hydrogen (secondary N) is 1. The fourth-order valence-electron chi connectivity index (χ4n) is 1.46. The number of hydrogen-bond donors (Lipinski definition) is 2. The van der Waals surface area contributed by atoms with Crippen molar-refractivity contribution in [2.75, 3.05) is 11.9 Å². The van der Waals surface area contributed by atoms with Gasteiger partial charge < -0.3 is 15.0 Å². The van der Waals surface area contributed by atoms with Crippen molar-refractivity contribution in [1.82, 2.24) is 19.5 Å². The number of carbonyl (C=O) groups excluding carboxylic acids is 1. The Morgan fingerprint density at radius 2 is 2.38 bits per heavy atom. The van der Waals surface area contributed by atoms with E-state index in [1.54, 1.807) is 24.2 Å². The number of imidazole rings is 1. The summed E-state index contributed by atoms with van der Waals surface area (Å²) in [5.41, 5.74) is 1.07. The highest BCUT2D eigenvalue weighted by Gasteiger charge is 2.11. The molecule has 7 nitrogen and oxygen atoms in total. The monoisotopic (exact) mass is 220 g/mol. The van der Waals surface area contributed by atoms with E-state index in [1.807, 2.05) is 0 Å². The van der Waals surface area contributed by atoms with Crippen LogP contribution in [-0.4, -0.2) is 37.6 Å². The number of amides is 1. The predicted molar refractivity (Wildman–Crippen MR) is 56.5 cm³/mol. The molecule has 2 aromatic rings. The summed E-state index contributed by atoms with van der Waals surface area (Å²) in [6.07, 6.45) is 3.10. The zero-order valence-electron chi connectivity index (χ0n) is 8.64. The lowest BCUT2D eigenvalue weighted by Gasteiger charge is -2.03. The first-order valence-corrected chi connectivity index (χ1v) is 4.69. The smallest absolute Gasteiger partial charge is 0.315 e. The summed E-state index contributed by atoms with van der Waals surface area (Å²) in [5.74, 6) is 0.846. The number of aryl methyl sites for hydroxylation is 1. The summed E-state index contributed by atoms with van der Waals surface area (Å²) >= 11 is 0. The standard InChI is InChI=1S/C9H10N5O2/c1-6-12-8(11-5-16)7-9(13-6)14(2-3-15)4-10-7/h4,15H,2-3H2,1H3,(H,11,12,13,16). The second-order valence-electron chi connectivity index (χ2n) is 3.18. The quantitative estimate of drug-likeness (QED) is 0.684. The van der Waals surface area contributed by atoms with Crippen LogP contribution < -0.4 is 5.32 Å². The van der Waals surface area contributed by atoms with Gasteiger partial charge in [-0.25, -0.2) is 15.0 Å². The number of anilines is 1. The molecule has 0 spiro atoms. The second-order valence-corrected chi connectivity index (χ2v) is 3.18. The van der Waals surface area contributed by atoms with Gasteiger partial charge in [-0.1, -0.05) is 0 Å². The van der Waals surface area contributed by atoms with Crippen LogP contribution in [0, 0.1) is 6.92 Å². The van der Waals surface area contributed by atoms with E-state index in [4.69, 9.17) is 5.11 Å². The van der Waals surface area contributed by atoms with E-state index >= 15 is 0 Å². The van der Waals surface area contributed by atoms with Crippen molar-refractivity contribution in [2.45, 2.75) is 13.5 Å². The molecule has 7 heteroatoms. The molecule has 0 saturated carbocycles. The van der Waals surface area contributed by atoms with Crippen LogP contribution in [0.1, 0.15) is 5.82 Å². The van der Waals surface area contributed by atoms with Crippen LogP contribution in [0.5, 0.6) is 0 Å². The molecule has 0 aliphatic carbocycles. The molecule has 1 amide bonds. The first-order valence-electron chi connectivity index (χ1n) is 4.69. The van der Waals surface area contributed by atoms with Gasteiger partial charge in [0.1, 0.15) is 5.82 Å². The molecule has 0 saturated heterocycles. The molecule has 1 radical (unpaired) electrons. The van der Waals surface area contributed by atoms with Crippen LogP contribution in [0.2, 0.25) is 0 Å². The van der Waals surface area contributed by atoms with Crippen molar-refractivity contribution >= 4 is 23.4 Å². The van der Waals surface area contributed by atoms with Crippen molar-refractivity contribution in [1.29, 1.82) is 0 Å². The molecule has 0 aromatic carbocycles. The van der Waals surface area contributed by atoms with Crippen LogP contribution in [0.3, 0.4) is 0 Å². The molecule has 0 bridgehead atoms. The third-order valence-corrected chi connectivity index (χ3v) is 2.09. The Morgan fingerprint density at radius 1 is 1.56 bits per heavy atom. The summed E-state index contributed by atoms with van der Waals surface area (Å²) in [4.78, 5) is 22.6. The average Bonchev–Trinajstić information content (AvgIpc) is 2.63. The van der Waals surface area contributed by atoms with E-state index in [2.05, 4.69) is 20.3 Å². The largest absolute Gasteiger partial charge is 0.395 e. The van der Waals surface area contributed by atoms with Gasteiger partial charge in [0.05, 0.1) is 12.9 Å². The van der Waals surface area contributed by atoms with Gasteiger partial charge in [-0.15, -0.1) is 0 Å². The van der Waals surface area contributed by atoms with Crippen LogP contribution in [0.15, 0.2) is 6.33 Å². The maximum Gasteiger partial charge on any atom is 0.315 e. The van der Waals surface area contributed by atoms with Gasteiger partial charge >= 0.3 is 6.41 Å². The summed E-state index contributed by atoms with van der Waals surface area (Å²) in [5, 5.41) is 11.2. The molecule has 0 unspecified atom stereocenters. The van der Waals surface area contributed by atoms with E-state index in [9.17, 15) is 4.79 Å². The molecule has 0 fully saturated rings. The Morgan fingerprint density at radius 3 is 3.06 bits per heavy atom. The summed E-state index contributed by atoms with van der Waals surface area (Å²) in [6, 6.07) is 0. The van der Waals surface area contributed by atoms with Crippen molar-refractivity contribution in [2.24, 2.45) is 0 Å². The molecule has 0 atom stereocenters.